The fourth-order valence-corrected chi connectivity index (χ4v) is 4.05. The summed E-state index contributed by atoms with van der Waals surface area (Å²) in [5.41, 5.74) is 0.887. The minimum atomic E-state index is -0.274. The summed E-state index contributed by atoms with van der Waals surface area (Å²) in [6.45, 7) is 1.92. The van der Waals surface area contributed by atoms with Gasteiger partial charge in [0.1, 0.15) is 5.82 Å². The lowest BCUT2D eigenvalue weighted by Crippen LogP contribution is -2.43. The van der Waals surface area contributed by atoms with Gasteiger partial charge in [-0.1, -0.05) is 23.5 Å². The van der Waals surface area contributed by atoms with E-state index in [0.29, 0.717) is 13.1 Å². The van der Waals surface area contributed by atoms with Crippen LogP contribution in [-0.4, -0.2) is 33.8 Å². The third-order valence-electron chi connectivity index (χ3n) is 4.67. The van der Waals surface area contributed by atoms with Crippen LogP contribution in [0.5, 0.6) is 0 Å². The first-order valence-corrected chi connectivity index (χ1v) is 9.74. The molecule has 1 atom stereocenters. The summed E-state index contributed by atoms with van der Waals surface area (Å²) < 4.78 is 14.9. The zero-order valence-electron chi connectivity index (χ0n) is 14.7. The summed E-state index contributed by atoms with van der Waals surface area (Å²) >= 11 is 1.52. The molecule has 1 aliphatic heterocycles. The van der Waals surface area contributed by atoms with Gasteiger partial charge >= 0.3 is 0 Å². The van der Waals surface area contributed by atoms with Crippen molar-refractivity contribution in [2.75, 3.05) is 18.0 Å². The molecule has 4 rings (SSSR count). The van der Waals surface area contributed by atoms with Crippen molar-refractivity contribution in [3.8, 4) is 5.13 Å². The molecule has 1 fully saturated rings. The number of anilines is 1. The van der Waals surface area contributed by atoms with Crippen LogP contribution in [0, 0.1) is 11.7 Å². The van der Waals surface area contributed by atoms with Crippen LogP contribution in [0.15, 0.2) is 48.8 Å². The molecule has 1 unspecified atom stereocenters. The van der Waals surface area contributed by atoms with Crippen molar-refractivity contribution in [3.63, 3.8) is 0 Å². The Kier molecular flexibility index (Phi) is 5.15. The highest BCUT2D eigenvalue weighted by Crippen LogP contribution is 2.27. The first kappa shape index (κ1) is 17.7. The van der Waals surface area contributed by atoms with Gasteiger partial charge in [0, 0.05) is 32.0 Å². The average Bonchev–Trinajstić information content (AvgIpc) is 3.39. The lowest BCUT2D eigenvalue weighted by Gasteiger charge is -2.31. The van der Waals surface area contributed by atoms with Gasteiger partial charge < -0.3 is 10.2 Å². The predicted molar refractivity (Wildman–Crippen MR) is 102 cm³/mol. The molecule has 0 saturated carbocycles. The normalized spacial score (nSPS) is 17.1. The molecule has 1 aliphatic rings. The van der Waals surface area contributed by atoms with Gasteiger partial charge in [-0.15, -0.1) is 10.2 Å². The van der Waals surface area contributed by atoms with Crippen molar-refractivity contribution < 1.29 is 9.18 Å². The van der Waals surface area contributed by atoms with Gasteiger partial charge in [-0.2, -0.15) is 0 Å². The molecule has 3 aromatic rings. The van der Waals surface area contributed by atoms with Gasteiger partial charge in [0.15, 0.2) is 0 Å². The maximum Gasteiger partial charge on any atom is 0.225 e. The van der Waals surface area contributed by atoms with Crippen LogP contribution in [0.1, 0.15) is 18.4 Å². The minimum Gasteiger partial charge on any atom is -0.352 e. The number of nitrogens with zero attached hydrogens (tertiary/aromatic N) is 4. The summed E-state index contributed by atoms with van der Waals surface area (Å²) in [6, 6.07) is 10.1. The maximum atomic E-state index is 13.0. The number of benzene rings is 1. The van der Waals surface area contributed by atoms with E-state index >= 15 is 0 Å². The highest BCUT2D eigenvalue weighted by Gasteiger charge is 2.27. The van der Waals surface area contributed by atoms with E-state index in [-0.39, 0.29) is 17.6 Å². The number of rotatable bonds is 5. The molecule has 2 aromatic heterocycles. The van der Waals surface area contributed by atoms with E-state index in [1.807, 2.05) is 29.1 Å². The van der Waals surface area contributed by atoms with E-state index < -0.39 is 0 Å². The number of carbonyl (C=O) groups excluding carboxylic acids is 1. The largest absolute Gasteiger partial charge is 0.352 e. The molecule has 1 aromatic carbocycles. The lowest BCUT2D eigenvalue weighted by molar-refractivity contribution is -0.125. The van der Waals surface area contributed by atoms with Crippen molar-refractivity contribution in [1.82, 2.24) is 20.1 Å². The number of piperidine rings is 1. The fraction of sp³-hybridized carbons (Fsp3) is 0.316. The number of hydrogen-bond donors (Lipinski definition) is 1. The van der Waals surface area contributed by atoms with Gasteiger partial charge in [-0.05, 0) is 42.7 Å². The lowest BCUT2D eigenvalue weighted by atomic mass is 9.97. The highest BCUT2D eigenvalue weighted by molar-refractivity contribution is 7.17. The molecule has 0 bridgehead atoms. The summed E-state index contributed by atoms with van der Waals surface area (Å²) in [5.74, 6) is -0.332. The van der Waals surface area contributed by atoms with Crippen molar-refractivity contribution in [1.29, 1.82) is 0 Å². The molecule has 0 radical (unpaired) electrons. The Labute approximate surface area is 160 Å². The minimum absolute atomic E-state index is 0.0270. The highest BCUT2D eigenvalue weighted by atomic mass is 32.1. The second-order valence-electron chi connectivity index (χ2n) is 6.59. The van der Waals surface area contributed by atoms with Gasteiger partial charge in [0.05, 0.1) is 5.92 Å². The molecule has 0 spiro atoms. The van der Waals surface area contributed by atoms with Crippen molar-refractivity contribution in [2.45, 2.75) is 19.4 Å². The molecule has 0 aliphatic carbocycles. The van der Waals surface area contributed by atoms with Gasteiger partial charge in [0.25, 0.3) is 0 Å². The van der Waals surface area contributed by atoms with Crippen LogP contribution in [-0.2, 0) is 11.3 Å². The molecule has 27 heavy (non-hydrogen) atoms. The first-order chi connectivity index (χ1) is 13.2. The standard InChI is InChI=1S/C19H20FN5OS/c20-16-7-5-14(6-8-16)12-21-17(26)15-4-3-11-25(13-15)19-23-22-18(27-19)24-9-1-2-10-24/h1-2,5-10,15H,3-4,11-13H2,(H,21,26). The number of carbonyl (C=O) groups is 1. The summed E-state index contributed by atoms with van der Waals surface area (Å²) in [6.07, 6.45) is 5.67. The van der Waals surface area contributed by atoms with Crippen molar-refractivity contribution in [3.05, 3.63) is 60.2 Å². The van der Waals surface area contributed by atoms with Crippen LogP contribution in [0.2, 0.25) is 0 Å². The summed E-state index contributed by atoms with van der Waals surface area (Å²) in [7, 11) is 0. The molecular weight excluding hydrogens is 365 g/mol. The Hall–Kier alpha value is -2.74. The van der Waals surface area contributed by atoms with Crippen molar-refractivity contribution >= 4 is 22.4 Å². The Morgan fingerprint density at radius 3 is 2.70 bits per heavy atom. The van der Waals surface area contributed by atoms with Crippen LogP contribution < -0.4 is 10.2 Å². The summed E-state index contributed by atoms with van der Waals surface area (Å²) in [4.78, 5) is 14.7. The number of nitrogens with one attached hydrogen (secondary N) is 1. The number of aromatic nitrogens is 3. The summed E-state index contributed by atoms with van der Waals surface area (Å²) in [5, 5.41) is 13.2. The monoisotopic (exact) mass is 385 g/mol. The molecule has 1 amide bonds. The molecule has 1 saturated heterocycles. The number of halogens is 1. The van der Waals surface area contributed by atoms with Gasteiger partial charge in [-0.3, -0.25) is 9.36 Å². The van der Waals surface area contributed by atoms with E-state index in [4.69, 9.17) is 0 Å². The Morgan fingerprint density at radius 2 is 1.93 bits per heavy atom. The zero-order valence-corrected chi connectivity index (χ0v) is 15.5. The fourth-order valence-electron chi connectivity index (χ4n) is 3.20. The molecule has 6 nitrogen and oxygen atoms in total. The quantitative estimate of drug-likeness (QED) is 0.733. The maximum absolute atomic E-state index is 13.0. The predicted octanol–water partition coefficient (Wildman–Crippen LogP) is 3.00. The number of hydrogen-bond acceptors (Lipinski definition) is 5. The van der Waals surface area contributed by atoms with E-state index in [2.05, 4.69) is 20.4 Å². The Balaban J connectivity index is 1.36. The topological polar surface area (TPSA) is 63.1 Å². The van der Waals surface area contributed by atoms with E-state index in [1.165, 1.54) is 23.5 Å². The van der Waals surface area contributed by atoms with E-state index in [9.17, 15) is 9.18 Å². The molecule has 1 N–H and O–H groups in total. The molecule has 140 valence electrons. The third-order valence-corrected chi connectivity index (χ3v) is 5.67. The van der Waals surface area contributed by atoms with E-state index in [0.717, 1.165) is 35.2 Å². The van der Waals surface area contributed by atoms with Crippen LogP contribution >= 0.6 is 11.3 Å². The van der Waals surface area contributed by atoms with Gasteiger partial charge in [-0.25, -0.2) is 4.39 Å². The van der Waals surface area contributed by atoms with Crippen LogP contribution in [0.25, 0.3) is 5.13 Å². The SMILES string of the molecule is O=C(NCc1ccc(F)cc1)C1CCCN(c2nnc(-n3cccc3)s2)C1. The van der Waals surface area contributed by atoms with Crippen LogP contribution in [0.3, 0.4) is 0 Å². The number of amides is 1. The molecule has 3 heterocycles. The second kappa shape index (κ2) is 7.87. The second-order valence-corrected chi connectivity index (χ2v) is 7.52. The van der Waals surface area contributed by atoms with Crippen molar-refractivity contribution in [2.24, 2.45) is 5.92 Å². The molecule has 8 heteroatoms. The smallest absolute Gasteiger partial charge is 0.225 e. The third kappa shape index (κ3) is 4.16. The zero-order chi connectivity index (χ0) is 18.6. The van der Waals surface area contributed by atoms with Crippen LogP contribution in [0.4, 0.5) is 9.52 Å². The average molecular weight is 385 g/mol. The molecular formula is C19H20FN5OS. The van der Waals surface area contributed by atoms with Gasteiger partial charge in [0.2, 0.25) is 16.2 Å². The Bertz CT molecular complexity index is 893. The Morgan fingerprint density at radius 1 is 1.19 bits per heavy atom. The van der Waals surface area contributed by atoms with E-state index in [1.54, 1.807) is 12.1 Å². The first-order valence-electron chi connectivity index (χ1n) is 8.93.